The SMILES string of the molecule is c1ccc(-c2ccccc2N(c2ccc(-c3cccc4ccccc34)cc2)c2ccccc2-c2cccc(-c3cccc4c3oc3ccccc34)c2)cc1. The van der Waals surface area contributed by atoms with Crippen LogP contribution < -0.4 is 4.90 Å². The van der Waals surface area contributed by atoms with E-state index in [0.717, 1.165) is 66.8 Å². The highest BCUT2D eigenvalue weighted by Crippen LogP contribution is 2.46. The number of furan rings is 1. The number of hydrogen-bond acceptors (Lipinski definition) is 2. The molecule has 0 amide bonds. The van der Waals surface area contributed by atoms with Crippen molar-refractivity contribution in [1.29, 1.82) is 0 Å². The maximum Gasteiger partial charge on any atom is 0.143 e. The lowest BCUT2D eigenvalue weighted by Gasteiger charge is -2.30. The summed E-state index contributed by atoms with van der Waals surface area (Å²) in [4.78, 5) is 2.41. The molecule has 0 bridgehead atoms. The van der Waals surface area contributed by atoms with E-state index in [1.807, 2.05) is 12.1 Å². The molecule has 54 heavy (non-hydrogen) atoms. The molecule has 0 unspecified atom stereocenters. The van der Waals surface area contributed by atoms with E-state index in [2.05, 4.69) is 205 Å². The van der Waals surface area contributed by atoms with Crippen LogP contribution in [0.2, 0.25) is 0 Å². The average molecular weight is 690 g/mol. The van der Waals surface area contributed by atoms with Gasteiger partial charge in [-0.15, -0.1) is 0 Å². The summed E-state index contributed by atoms with van der Waals surface area (Å²) in [5.41, 5.74) is 14.3. The normalized spacial score (nSPS) is 11.3. The van der Waals surface area contributed by atoms with E-state index in [1.54, 1.807) is 0 Å². The number of fused-ring (bicyclic) bond motifs is 4. The van der Waals surface area contributed by atoms with Crippen LogP contribution in [0.25, 0.3) is 77.2 Å². The summed E-state index contributed by atoms with van der Waals surface area (Å²) >= 11 is 0. The first kappa shape index (κ1) is 31.6. The molecule has 9 aromatic carbocycles. The second kappa shape index (κ2) is 13.4. The van der Waals surface area contributed by atoms with E-state index in [-0.39, 0.29) is 0 Å². The second-order valence-electron chi connectivity index (χ2n) is 13.7. The fourth-order valence-corrected chi connectivity index (χ4v) is 7.95. The molecule has 0 atom stereocenters. The number of benzene rings is 9. The van der Waals surface area contributed by atoms with E-state index in [0.29, 0.717) is 0 Å². The number of hydrogen-bond donors (Lipinski definition) is 0. The first-order valence-electron chi connectivity index (χ1n) is 18.4. The third kappa shape index (κ3) is 5.53. The summed E-state index contributed by atoms with van der Waals surface area (Å²) in [6, 6.07) is 75.9. The highest BCUT2D eigenvalue weighted by atomic mass is 16.3. The van der Waals surface area contributed by atoms with Gasteiger partial charge in [-0.2, -0.15) is 0 Å². The summed E-state index contributed by atoms with van der Waals surface area (Å²) in [5, 5.41) is 4.76. The molecule has 10 aromatic rings. The number of rotatable bonds is 7. The zero-order valence-corrected chi connectivity index (χ0v) is 29.6. The Bertz CT molecular complexity index is 2930. The van der Waals surface area contributed by atoms with Gasteiger partial charge < -0.3 is 9.32 Å². The molecule has 0 N–H and O–H groups in total. The van der Waals surface area contributed by atoms with Gasteiger partial charge in [0, 0.05) is 33.2 Å². The Balaban J connectivity index is 1.14. The van der Waals surface area contributed by atoms with Gasteiger partial charge in [0.05, 0.1) is 11.4 Å². The Hall–Kier alpha value is -7.16. The first-order chi connectivity index (χ1) is 26.8. The van der Waals surface area contributed by atoms with Crippen molar-refractivity contribution < 1.29 is 4.42 Å². The van der Waals surface area contributed by atoms with E-state index < -0.39 is 0 Å². The quantitative estimate of drug-likeness (QED) is 0.166. The van der Waals surface area contributed by atoms with Crippen molar-refractivity contribution in [2.24, 2.45) is 0 Å². The minimum Gasteiger partial charge on any atom is -0.455 e. The van der Waals surface area contributed by atoms with E-state index in [4.69, 9.17) is 4.42 Å². The molecule has 2 heteroatoms. The molecule has 254 valence electrons. The number of para-hydroxylation sites is 4. The van der Waals surface area contributed by atoms with Crippen molar-refractivity contribution in [3.8, 4) is 44.5 Å². The zero-order valence-electron chi connectivity index (χ0n) is 29.6. The highest BCUT2D eigenvalue weighted by molar-refractivity contribution is 6.09. The highest BCUT2D eigenvalue weighted by Gasteiger charge is 2.21. The Morgan fingerprint density at radius 1 is 0.315 bits per heavy atom. The van der Waals surface area contributed by atoms with Gasteiger partial charge in [0.1, 0.15) is 11.2 Å². The van der Waals surface area contributed by atoms with Crippen molar-refractivity contribution in [2.45, 2.75) is 0 Å². The van der Waals surface area contributed by atoms with Gasteiger partial charge in [-0.05, 0) is 75.0 Å². The van der Waals surface area contributed by atoms with Gasteiger partial charge in [-0.3, -0.25) is 0 Å². The largest absolute Gasteiger partial charge is 0.455 e. The molecule has 0 saturated carbocycles. The van der Waals surface area contributed by atoms with Crippen LogP contribution in [0.3, 0.4) is 0 Å². The molecule has 0 aliphatic carbocycles. The third-order valence-corrected chi connectivity index (χ3v) is 10.5. The van der Waals surface area contributed by atoms with Gasteiger partial charge in [0.25, 0.3) is 0 Å². The van der Waals surface area contributed by atoms with Gasteiger partial charge in [0.2, 0.25) is 0 Å². The molecule has 1 heterocycles. The minimum absolute atomic E-state index is 0.903. The van der Waals surface area contributed by atoms with Gasteiger partial charge in [0.15, 0.2) is 0 Å². The Morgan fingerprint density at radius 3 is 1.61 bits per heavy atom. The van der Waals surface area contributed by atoms with Gasteiger partial charge in [-0.25, -0.2) is 0 Å². The summed E-state index contributed by atoms with van der Waals surface area (Å²) in [6.07, 6.45) is 0. The summed E-state index contributed by atoms with van der Waals surface area (Å²) in [6.45, 7) is 0. The molecular formula is C52H35NO. The smallest absolute Gasteiger partial charge is 0.143 e. The molecule has 0 aliphatic rings. The minimum atomic E-state index is 0.903. The zero-order chi connectivity index (χ0) is 35.8. The fourth-order valence-electron chi connectivity index (χ4n) is 7.95. The number of anilines is 3. The molecule has 10 rings (SSSR count). The molecular weight excluding hydrogens is 655 g/mol. The summed E-state index contributed by atoms with van der Waals surface area (Å²) in [5.74, 6) is 0. The standard InChI is InChI=1S/C52H35NO/c1-2-15-37(16-3-1)44-22-6-9-28-49(44)53(41-33-31-38(32-34-41)43-25-13-18-36-17-4-5-21-42(36)43)50-29-10-7-23-45(50)39-19-12-20-40(35-39)46-26-14-27-48-47-24-8-11-30-51(47)54-52(46)48/h1-35H. The predicted molar refractivity (Wildman–Crippen MR) is 228 cm³/mol. The summed E-state index contributed by atoms with van der Waals surface area (Å²) in [7, 11) is 0. The first-order valence-corrected chi connectivity index (χ1v) is 18.4. The van der Waals surface area contributed by atoms with E-state index in [9.17, 15) is 0 Å². The Morgan fingerprint density at radius 2 is 0.815 bits per heavy atom. The van der Waals surface area contributed by atoms with Crippen LogP contribution in [0.4, 0.5) is 17.1 Å². The fraction of sp³-hybridized carbons (Fsp3) is 0. The molecule has 0 saturated heterocycles. The predicted octanol–water partition coefficient (Wildman–Crippen LogP) is 14.9. The van der Waals surface area contributed by atoms with Crippen molar-refractivity contribution in [2.75, 3.05) is 4.90 Å². The van der Waals surface area contributed by atoms with Crippen LogP contribution in [-0.2, 0) is 0 Å². The van der Waals surface area contributed by atoms with Crippen LogP contribution >= 0.6 is 0 Å². The summed E-state index contributed by atoms with van der Waals surface area (Å²) < 4.78 is 6.47. The lowest BCUT2D eigenvalue weighted by molar-refractivity contribution is 0.670. The van der Waals surface area contributed by atoms with Crippen LogP contribution in [0.15, 0.2) is 217 Å². The Kier molecular flexibility index (Phi) is 7.85. The van der Waals surface area contributed by atoms with Gasteiger partial charge >= 0.3 is 0 Å². The van der Waals surface area contributed by atoms with Crippen molar-refractivity contribution in [3.05, 3.63) is 212 Å². The molecule has 0 spiro atoms. The maximum absolute atomic E-state index is 6.47. The number of nitrogens with zero attached hydrogens (tertiary/aromatic N) is 1. The van der Waals surface area contributed by atoms with Crippen molar-refractivity contribution in [3.63, 3.8) is 0 Å². The van der Waals surface area contributed by atoms with Gasteiger partial charge in [-0.1, -0.05) is 176 Å². The van der Waals surface area contributed by atoms with Crippen LogP contribution in [0, 0.1) is 0 Å². The van der Waals surface area contributed by atoms with Crippen molar-refractivity contribution in [1.82, 2.24) is 0 Å². The third-order valence-electron chi connectivity index (χ3n) is 10.5. The lowest BCUT2D eigenvalue weighted by Crippen LogP contribution is -2.12. The molecule has 0 radical (unpaired) electrons. The topological polar surface area (TPSA) is 16.4 Å². The van der Waals surface area contributed by atoms with Crippen LogP contribution in [-0.4, -0.2) is 0 Å². The molecule has 1 aromatic heterocycles. The monoisotopic (exact) mass is 689 g/mol. The van der Waals surface area contributed by atoms with Crippen molar-refractivity contribution >= 4 is 49.8 Å². The van der Waals surface area contributed by atoms with E-state index in [1.165, 1.54) is 27.5 Å². The maximum atomic E-state index is 6.47. The van der Waals surface area contributed by atoms with Crippen LogP contribution in [0.5, 0.6) is 0 Å². The second-order valence-corrected chi connectivity index (χ2v) is 13.7. The van der Waals surface area contributed by atoms with E-state index >= 15 is 0 Å². The Labute approximate surface area is 314 Å². The molecule has 0 aliphatic heterocycles. The molecule has 2 nitrogen and oxygen atoms in total. The van der Waals surface area contributed by atoms with Crippen LogP contribution in [0.1, 0.15) is 0 Å². The average Bonchev–Trinajstić information content (AvgIpc) is 3.64. The lowest BCUT2D eigenvalue weighted by atomic mass is 9.95. The molecule has 0 fully saturated rings.